The Bertz CT molecular complexity index is 3570. The van der Waals surface area contributed by atoms with Gasteiger partial charge in [-0.1, -0.05) is 194 Å². The van der Waals surface area contributed by atoms with Crippen molar-refractivity contribution in [1.29, 1.82) is 0 Å². The van der Waals surface area contributed by atoms with Crippen LogP contribution in [-0.4, -0.2) is 24.5 Å². The predicted molar refractivity (Wildman–Crippen MR) is 260 cm³/mol. The van der Waals surface area contributed by atoms with E-state index in [1.54, 1.807) is 0 Å². The highest BCUT2D eigenvalue weighted by molar-refractivity contribution is 6.27. The van der Waals surface area contributed by atoms with Crippen LogP contribution in [0.2, 0.25) is 0 Å². The second-order valence-corrected chi connectivity index (χ2v) is 15.8. The van der Waals surface area contributed by atoms with Crippen LogP contribution in [0.3, 0.4) is 0 Å². The maximum Gasteiger partial charge on any atom is 0.164 e. The molecule has 0 N–H and O–H groups in total. The Morgan fingerprint density at radius 3 is 1.32 bits per heavy atom. The molecule has 0 aliphatic heterocycles. The zero-order valence-electron chi connectivity index (χ0n) is 34.1. The summed E-state index contributed by atoms with van der Waals surface area (Å²) < 4.78 is 2.44. The first-order chi connectivity index (χ1) is 31.2. The molecule has 0 unspecified atom stereocenters. The lowest BCUT2D eigenvalue weighted by molar-refractivity contribution is 1.07. The molecule has 0 atom stereocenters. The predicted octanol–water partition coefficient (Wildman–Crippen LogP) is 14.7. The number of rotatable bonds is 7. The van der Waals surface area contributed by atoms with Gasteiger partial charge in [-0.25, -0.2) is 19.9 Å². The highest BCUT2D eigenvalue weighted by Gasteiger charge is 2.20. The van der Waals surface area contributed by atoms with Gasteiger partial charge in [0.1, 0.15) is 0 Å². The molecule has 0 aliphatic carbocycles. The van der Waals surface area contributed by atoms with Crippen LogP contribution in [0.1, 0.15) is 0 Å². The minimum absolute atomic E-state index is 0.642. The summed E-state index contributed by atoms with van der Waals surface area (Å²) in [7, 11) is 0. The molecule has 5 nitrogen and oxygen atoms in total. The normalized spacial score (nSPS) is 11.5. The number of aromatic nitrogens is 5. The molecule has 12 aromatic rings. The summed E-state index contributed by atoms with van der Waals surface area (Å²) in [5.74, 6) is 1.94. The van der Waals surface area contributed by atoms with Crippen LogP contribution in [0.25, 0.3) is 117 Å². The molecular weight excluding hydrogens is 767 g/mol. The molecule has 0 radical (unpaired) electrons. The number of hydrogen-bond donors (Lipinski definition) is 0. The minimum atomic E-state index is 0.642. The lowest BCUT2D eigenvalue weighted by atomic mass is 9.96. The lowest BCUT2D eigenvalue weighted by Gasteiger charge is -2.14. The smallest absolute Gasteiger partial charge is 0.164 e. The van der Waals surface area contributed by atoms with Gasteiger partial charge in [-0.2, -0.15) is 0 Å². The summed E-state index contributed by atoms with van der Waals surface area (Å²) in [6, 6.07) is 78.8. The van der Waals surface area contributed by atoms with Crippen molar-refractivity contribution in [3.8, 4) is 73.4 Å². The van der Waals surface area contributed by atoms with E-state index in [1.165, 1.54) is 27.2 Å². The maximum atomic E-state index is 5.25. The maximum absolute atomic E-state index is 5.25. The number of para-hydroxylation sites is 2. The number of hydrogen-bond acceptors (Lipinski definition) is 4. The first-order valence-electron chi connectivity index (χ1n) is 21.2. The number of fused-ring (bicyclic) bond motifs is 7. The van der Waals surface area contributed by atoms with Gasteiger partial charge in [0, 0.05) is 54.9 Å². The lowest BCUT2D eigenvalue weighted by Crippen LogP contribution is -2.00. The SMILES string of the molecule is c1ccc(-c2nc(-c3ccccc3)nc(-c3ccc(-c4ccc(-c5ccc6c(c5)c5ccc7c(-c8ccccc8)nc8ccccc8c7c5n6-c5ccccc5)cc4)cc3)n2)cc1. The van der Waals surface area contributed by atoms with Gasteiger partial charge in [0.25, 0.3) is 0 Å². The van der Waals surface area contributed by atoms with Gasteiger partial charge in [0.15, 0.2) is 17.5 Å². The molecule has 0 saturated carbocycles. The standard InChI is InChI=1S/C58H37N5/c1-5-15-41(16-6-1)54-49-35-34-47-50-37-45(33-36-52(50)63(46-21-11-4-12-22-46)55(47)53(49)48-23-13-14-24-51(48)59-54)40-27-25-38(26-28-40)39-29-31-44(32-30-39)58-61-56(42-17-7-2-8-18-42)60-57(62-58)43-19-9-3-10-20-43/h1-37H. The second kappa shape index (κ2) is 15.2. The summed E-state index contributed by atoms with van der Waals surface area (Å²) >= 11 is 0. The van der Waals surface area contributed by atoms with Gasteiger partial charge in [0.2, 0.25) is 0 Å². The van der Waals surface area contributed by atoms with Crippen LogP contribution in [-0.2, 0) is 0 Å². The van der Waals surface area contributed by atoms with Crippen molar-refractivity contribution in [2.24, 2.45) is 0 Å². The van der Waals surface area contributed by atoms with Crippen LogP contribution >= 0.6 is 0 Å². The van der Waals surface area contributed by atoms with Crippen molar-refractivity contribution in [2.75, 3.05) is 0 Å². The molecule has 9 aromatic carbocycles. The van der Waals surface area contributed by atoms with Crippen molar-refractivity contribution in [3.63, 3.8) is 0 Å². The number of benzene rings is 9. The van der Waals surface area contributed by atoms with Crippen LogP contribution < -0.4 is 0 Å². The Kier molecular flexibility index (Phi) is 8.75. The Labute approximate surface area is 364 Å². The van der Waals surface area contributed by atoms with Crippen LogP contribution in [0.4, 0.5) is 0 Å². The molecule has 0 amide bonds. The van der Waals surface area contributed by atoms with Crippen molar-refractivity contribution in [1.82, 2.24) is 24.5 Å². The van der Waals surface area contributed by atoms with Crippen molar-refractivity contribution < 1.29 is 0 Å². The topological polar surface area (TPSA) is 56.5 Å². The summed E-state index contributed by atoms with van der Waals surface area (Å²) in [6.45, 7) is 0. The fraction of sp³-hybridized carbons (Fsp3) is 0. The average molecular weight is 804 g/mol. The minimum Gasteiger partial charge on any atom is -0.309 e. The van der Waals surface area contributed by atoms with E-state index in [9.17, 15) is 0 Å². The summed E-state index contributed by atoms with van der Waals surface area (Å²) in [4.78, 5) is 20.0. The largest absolute Gasteiger partial charge is 0.309 e. The van der Waals surface area contributed by atoms with Crippen molar-refractivity contribution >= 4 is 43.5 Å². The third kappa shape index (κ3) is 6.42. The van der Waals surface area contributed by atoms with E-state index < -0.39 is 0 Å². The van der Waals surface area contributed by atoms with Gasteiger partial charge in [-0.3, -0.25) is 0 Å². The zero-order valence-corrected chi connectivity index (χ0v) is 34.1. The fourth-order valence-corrected chi connectivity index (χ4v) is 8.99. The molecule has 5 heteroatoms. The average Bonchev–Trinajstić information content (AvgIpc) is 3.71. The quantitative estimate of drug-likeness (QED) is 0.151. The van der Waals surface area contributed by atoms with E-state index in [2.05, 4.69) is 168 Å². The number of pyridine rings is 1. The molecule has 3 aromatic heterocycles. The zero-order chi connectivity index (χ0) is 41.7. The van der Waals surface area contributed by atoms with Gasteiger partial charge >= 0.3 is 0 Å². The van der Waals surface area contributed by atoms with E-state index in [0.29, 0.717) is 17.5 Å². The molecule has 0 spiro atoms. The Morgan fingerprint density at radius 1 is 0.286 bits per heavy atom. The Morgan fingerprint density at radius 2 is 0.730 bits per heavy atom. The third-order valence-corrected chi connectivity index (χ3v) is 12.0. The van der Waals surface area contributed by atoms with Crippen LogP contribution in [0.15, 0.2) is 224 Å². The van der Waals surface area contributed by atoms with E-state index in [1.807, 2.05) is 60.7 Å². The van der Waals surface area contributed by atoms with Gasteiger partial charge in [0.05, 0.1) is 22.2 Å². The Balaban J connectivity index is 0.937. The molecule has 12 rings (SSSR count). The molecule has 0 saturated heterocycles. The van der Waals surface area contributed by atoms with Gasteiger partial charge in [-0.05, 0) is 52.6 Å². The molecule has 3 heterocycles. The molecule has 0 fully saturated rings. The van der Waals surface area contributed by atoms with E-state index in [-0.39, 0.29) is 0 Å². The van der Waals surface area contributed by atoms with Gasteiger partial charge in [-0.15, -0.1) is 0 Å². The van der Waals surface area contributed by atoms with Crippen LogP contribution in [0, 0.1) is 0 Å². The molecular formula is C58H37N5. The first-order valence-corrected chi connectivity index (χ1v) is 21.2. The fourth-order valence-electron chi connectivity index (χ4n) is 8.99. The summed E-state index contributed by atoms with van der Waals surface area (Å²) in [5.41, 5.74) is 14.0. The van der Waals surface area contributed by atoms with Crippen molar-refractivity contribution in [2.45, 2.75) is 0 Å². The van der Waals surface area contributed by atoms with E-state index >= 15 is 0 Å². The molecule has 0 bridgehead atoms. The highest BCUT2D eigenvalue weighted by atomic mass is 15.0. The van der Waals surface area contributed by atoms with E-state index in [0.717, 1.165) is 72.1 Å². The van der Waals surface area contributed by atoms with E-state index in [4.69, 9.17) is 19.9 Å². The molecule has 63 heavy (non-hydrogen) atoms. The first kappa shape index (κ1) is 36.3. The Hall–Kier alpha value is -8.54. The van der Waals surface area contributed by atoms with Gasteiger partial charge < -0.3 is 4.57 Å². The molecule has 0 aliphatic rings. The summed E-state index contributed by atoms with van der Waals surface area (Å²) in [5, 5.41) is 5.90. The monoisotopic (exact) mass is 803 g/mol. The second-order valence-electron chi connectivity index (χ2n) is 15.8. The van der Waals surface area contributed by atoms with Crippen molar-refractivity contribution in [3.05, 3.63) is 224 Å². The third-order valence-electron chi connectivity index (χ3n) is 12.0. The molecule has 294 valence electrons. The summed E-state index contributed by atoms with van der Waals surface area (Å²) in [6.07, 6.45) is 0. The number of nitrogens with zero attached hydrogens (tertiary/aromatic N) is 5. The highest BCUT2D eigenvalue weighted by Crippen LogP contribution is 2.43. The van der Waals surface area contributed by atoms with Crippen LogP contribution in [0.5, 0.6) is 0 Å².